The number of carbonyl (C=O) groups excluding carboxylic acids is 2. The highest BCUT2D eigenvalue weighted by molar-refractivity contribution is 8.26. The van der Waals surface area contributed by atoms with Gasteiger partial charge in [0.15, 0.2) is 9.84 Å². The molecule has 2 aliphatic rings. The summed E-state index contributed by atoms with van der Waals surface area (Å²) in [5, 5.41) is 3.72. The van der Waals surface area contributed by atoms with Crippen LogP contribution in [0.2, 0.25) is 0 Å². The Morgan fingerprint density at radius 3 is 2.69 bits per heavy atom. The summed E-state index contributed by atoms with van der Waals surface area (Å²) in [7, 11) is -3.27. The highest BCUT2D eigenvalue weighted by atomic mass is 32.2. The quantitative estimate of drug-likeness (QED) is 0.603. The first-order valence-electron chi connectivity index (χ1n) is 7.80. The van der Waals surface area contributed by atoms with Crippen molar-refractivity contribution in [2.75, 3.05) is 5.75 Å². The lowest BCUT2D eigenvalue weighted by molar-refractivity contribution is -0.132. The molecule has 1 aromatic rings. The molecule has 0 spiro atoms. The van der Waals surface area contributed by atoms with Gasteiger partial charge in [0.1, 0.15) is 10.4 Å². The third kappa shape index (κ3) is 4.05. The third-order valence-corrected chi connectivity index (χ3v) is 6.67. The van der Waals surface area contributed by atoms with E-state index in [1.54, 1.807) is 13.0 Å². The van der Waals surface area contributed by atoms with Crippen molar-refractivity contribution in [1.29, 1.82) is 0 Å². The minimum Gasteiger partial charge on any atom is -0.347 e. The summed E-state index contributed by atoms with van der Waals surface area (Å²) in [6.45, 7) is 1.57. The van der Waals surface area contributed by atoms with Crippen molar-refractivity contribution >= 4 is 56.0 Å². The number of benzene rings is 1. The van der Waals surface area contributed by atoms with E-state index in [1.807, 2.05) is 30.3 Å². The van der Waals surface area contributed by atoms with Crippen molar-refractivity contribution in [2.45, 2.75) is 19.0 Å². The van der Waals surface area contributed by atoms with Crippen LogP contribution in [0, 0.1) is 0 Å². The fourth-order valence-electron chi connectivity index (χ4n) is 2.60. The lowest BCUT2D eigenvalue weighted by atomic mass is 10.2. The summed E-state index contributed by atoms with van der Waals surface area (Å²) in [5.41, 5.74) is 0.867. The van der Waals surface area contributed by atoms with Crippen molar-refractivity contribution < 1.29 is 18.0 Å². The largest absolute Gasteiger partial charge is 0.347 e. The summed E-state index contributed by atoms with van der Waals surface area (Å²) in [5.74, 6) is -0.951. The molecule has 1 aromatic carbocycles. The van der Waals surface area contributed by atoms with Crippen molar-refractivity contribution in [1.82, 2.24) is 10.2 Å². The summed E-state index contributed by atoms with van der Waals surface area (Å²) in [4.78, 5) is 26.8. The first-order chi connectivity index (χ1) is 12.3. The van der Waals surface area contributed by atoms with Gasteiger partial charge in [-0.1, -0.05) is 54.3 Å². The van der Waals surface area contributed by atoms with E-state index in [9.17, 15) is 18.0 Å². The maximum atomic E-state index is 12.7. The van der Waals surface area contributed by atoms with Gasteiger partial charge in [-0.2, -0.15) is 0 Å². The van der Waals surface area contributed by atoms with E-state index in [4.69, 9.17) is 12.2 Å². The number of hydrogen-bond acceptors (Lipinski definition) is 6. The molecule has 2 atom stereocenters. The number of carbonyl (C=O) groups is 2. The van der Waals surface area contributed by atoms with Crippen LogP contribution < -0.4 is 5.32 Å². The van der Waals surface area contributed by atoms with Gasteiger partial charge in [-0.3, -0.25) is 14.5 Å². The Bertz CT molecular complexity index is 923. The Hall–Kier alpha value is -1.97. The Labute approximate surface area is 161 Å². The zero-order valence-electron chi connectivity index (χ0n) is 13.8. The molecule has 1 fully saturated rings. The number of nitrogens with zero attached hydrogens (tertiary/aromatic N) is 1. The van der Waals surface area contributed by atoms with E-state index in [2.05, 4.69) is 5.32 Å². The molecule has 0 radical (unpaired) electrons. The molecule has 1 saturated heterocycles. The van der Waals surface area contributed by atoms with Crippen molar-refractivity contribution in [3.05, 3.63) is 52.3 Å². The molecule has 6 nitrogen and oxygen atoms in total. The fraction of sp³-hybridized carbons (Fsp3) is 0.235. The van der Waals surface area contributed by atoms with Crippen molar-refractivity contribution in [3.63, 3.8) is 0 Å². The minimum atomic E-state index is -3.27. The van der Waals surface area contributed by atoms with E-state index in [0.29, 0.717) is 9.23 Å². The molecule has 2 aliphatic heterocycles. The molecule has 0 aromatic heterocycles. The second-order valence-corrected chi connectivity index (χ2v) is 9.52. The molecule has 0 aliphatic carbocycles. The second kappa shape index (κ2) is 7.34. The van der Waals surface area contributed by atoms with Crippen molar-refractivity contribution in [3.8, 4) is 0 Å². The second-order valence-electron chi connectivity index (χ2n) is 5.91. The van der Waals surface area contributed by atoms with Gasteiger partial charge < -0.3 is 5.32 Å². The van der Waals surface area contributed by atoms with Gasteiger partial charge in [0, 0.05) is 5.41 Å². The van der Waals surface area contributed by atoms with Gasteiger partial charge >= 0.3 is 0 Å². The molecular weight excluding hydrogens is 392 g/mol. The molecule has 26 heavy (non-hydrogen) atoms. The molecule has 2 amide bonds. The molecule has 1 N–H and O–H groups in total. The van der Waals surface area contributed by atoms with Gasteiger partial charge in [-0.15, -0.1) is 0 Å². The van der Waals surface area contributed by atoms with Crippen LogP contribution in [0.15, 0.2) is 46.7 Å². The summed E-state index contributed by atoms with van der Waals surface area (Å²) < 4.78 is 23.2. The normalized spacial score (nSPS) is 24.3. The topological polar surface area (TPSA) is 83.6 Å². The van der Waals surface area contributed by atoms with Crippen LogP contribution in [0.5, 0.6) is 0 Å². The van der Waals surface area contributed by atoms with E-state index in [-0.39, 0.29) is 11.7 Å². The van der Waals surface area contributed by atoms with E-state index >= 15 is 0 Å². The Morgan fingerprint density at radius 1 is 1.38 bits per heavy atom. The molecule has 0 unspecified atom stereocenters. The number of rotatable bonds is 4. The van der Waals surface area contributed by atoms with Crippen LogP contribution in [0.1, 0.15) is 12.5 Å². The Kier molecular flexibility index (Phi) is 5.31. The van der Waals surface area contributed by atoms with Crippen LogP contribution in [0.4, 0.5) is 0 Å². The van der Waals surface area contributed by atoms with Crippen LogP contribution in [-0.2, 0) is 19.4 Å². The predicted octanol–water partition coefficient (Wildman–Crippen LogP) is 1.70. The number of amides is 2. The first-order valence-corrected chi connectivity index (χ1v) is 10.7. The Balaban J connectivity index is 1.71. The van der Waals surface area contributed by atoms with Gasteiger partial charge in [0.25, 0.3) is 5.91 Å². The van der Waals surface area contributed by atoms with E-state index in [1.165, 1.54) is 11.0 Å². The zero-order chi connectivity index (χ0) is 18.9. The molecule has 9 heteroatoms. The van der Waals surface area contributed by atoms with Gasteiger partial charge in [-0.05, 0) is 24.6 Å². The van der Waals surface area contributed by atoms with Crippen LogP contribution >= 0.6 is 24.0 Å². The van der Waals surface area contributed by atoms with Gasteiger partial charge in [-0.25, -0.2) is 8.42 Å². The summed E-state index contributed by atoms with van der Waals surface area (Å²) in [6.07, 6.45) is 3.16. The Morgan fingerprint density at radius 2 is 2.08 bits per heavy atom. The average Bonchev–Trinajstić information content (AvgIpc) is 3.06. The summed E-state index contributed by atoms with van der Waals surface area (Å²) >= 11 is 6.41. The summed E-state index contributed by atoms with van der Waals surface area (Å²) in [6, 6.07) is 7.93. The average molecular weight is 409 g/mol. The standard InChI is InChI=1S/C17H16N2O4S3/c1-11(15(20)18-13-7-8-26(22,23)10-13)19-16(21)14(25-17(19)24)9-12-5-3-2-4-6-12/h2-9,11,13H,10H2,1H3,(H,18,20)/b14-9-/t11-,13+/m1/s1. The fourth-order valence-corrected chi connectivity index (χ4v) is 5.25. The van der Waals surface area contributed by atoms with E-state index < -0.39 is 27.8 Å². The van der Waals surface area contributed by atoms with Crippen LogP contribution in [-0.4, -0.2) is 47.3 Å². The number of hydrogen-bond donors (Lipinski definition) is 1. The van der Waals surface area contributed by atoms with E-state index in [0.717, 1.165) is 22.7 Å². The molecule has 3 rings (SSSR count). The minimum absolute atomic E-state index is 0.169. The zero-order valence-corrected chi connectivity index (χ0v) is 16.2. The highest BCUT2D eigenvalue weighted by Crippen LogP contribution is 2.34. The number of sulfone groups is 1. The number of thiocarbonyl (C=S) groups is 1. The van der Waals surface area contributed by atoms with Crippen molar-refractivity contribution in [2.24, 2.45) is 0 Å². The molecular formula is C17H16N2O4S3. The molecule has 2 heterocycles. The number of nitrogens with one attached hydrogen (secondary N) is 1. The molecule has 136 valence electrons. The monoisotopic (exact) mass is 408 g/mol. The van der Waals surface area contributed by atoms with Crippen LogP contribution in [0.3, 0.4) is 0 Å². The maximum absolute atomic E-state index is 12.7. The van der Waals surface area contributed by atoms with Gasteiger partial charge in [0.05, 0.1) is 16.7 Å². The predicted molar refractivity (Wildman–Crippen MR) is 106 cm³/mol. The SMILES string of the molecule is C[C@H](C(=O)N[C@H]1C=CS(=O)(=O)C1)N1C(=O)/C(=C/c2ccccc2)SC1=S. The van der Waals surface area contributed by atoms with Gasteiger partial charge in [0.2, 0.25) is 5.91 Å². The molecule has 0 bridgehead atoms. The third-order valence-electron chi connectivity index (χ3n) is 3.95. The lowest BCUT2D eigenvalue weighted by Gasteiger charge is -2.23. The maximum Gasteiger partial charge on any atom is 0.266 e. The lowest BCUT2D eigenvalue weighted by Crippen LogP contribution is -2.49. The smallest absolute Gasteiger partial charge is 0.266 e. The first kappa shape index (κ1) is 18.8. The molecule has 0 saturated carbocycles. The number of thioether (sulfide) groups is 1. The van der Waals surface area contributed by atoms with Crippen LogP contribution in [0.25, 0.3) is 6.08 Å². The highest BCUT2D eigenvalue weighted by Gasteiger charge is 2.38.